The summed E-state index contributed by atoms with van der Waals surface area (Å²) in [6, 6.07) is 12.5. The number of hydrogen-bond acceptors (Lipinski definition) is 5. The van der Waals surface area contributed by atoms with Crippen LogP contribution in [0, 0.1) is 13.8 Å². The summed E-state index contributed by atoms with van der Waals surface area (Å²) >= 11 is 0. The zero-order chi connectivity index (χ0) is 22.5. The molecule has 162 valence electrons. The number of fused-ring (bicyclic) bond motifs is 1. The van der Waals surface area contributed by atoms with Crippen LogP contribution in [0.15, 0.2) is 47.3 Å². The van der Waals surface area contributed by atoms with E-state index in [0.717, 1.165) is 24.0 Å². The zero-order valence-electron chi connectivity index (χ0n) is 18.3. The number of aryl methyl sites for hydroxylation is 3. The molecule has 1 amide bonds. The maximum absolute atomic E-state index is 12.9. The lowest BCUT2D eigenvalue weighted by atomic mass is 10.1. The third-order valence-electron chi connectivity index (χ3n) is 5.08. The average Bonchev–Trinajstić information content (AvgIpc) is 2.75. The van der Waals surface area contributed by atoms with E-state index in [4.69, 9.17) is 4.74 Å². The molecule has 1 heterocycles. The molecule has 3 rings (SSSR count). The predicted molar refractivity (Wildman–Crippen MR) is 120 cm³/mol. The molecule has 1 atom stereocenters. The van der Waals surface area contributed by atoms with Crippen LogP contribution < -0.4 is 10.9 Å². The highest BCUT2D eigenvalue weighted by molar-refractivity contribution is 6.03. The molecule has 0 saturated carbocycles. The molecular formula is C24H27N3O4. The maximum atomic E-state index is 12.9. The minimum Gasteiger partial charge on any atom is -0.448 e. The quantitative estimate of drug-likeness (QED) is 0.583. The van der Waals surface area contributed by atoms with Gasteiger partial charge in [0.2, 0.25) is 0 Å². The molecule has 0 saturated heterocycles. The van der Waals surface area contributed by atoms with E-state index in [1.165, 1.54) is 11.6 Å². The van der Waals surface area contributed by atoms with Gasteiger partial charge in [0.1, 0.15) is 0 Å². The van der Waals surface area contributed by atoms with Crippen molar-refractivity contribution >= 4 is 28.3 Å². The van der Waals surface area contributed by atoms with Gasteiger partial charge in [-0.15, -0.1) is 0 Å². The van der Waals surface area contributed by atoms with Crippen LogP contribution in [0.2, 0.25) is 0 Å². The number of ether oxygens (including phenoxy) is 1. The molecule has 0 aliphatic heterocycles. The van der Waals surface area contributed by atoms with Gasteiger partial charge in [-0.2, -0.15) is 5.10 Å². The van der Waals surface area contributed by atoms with Gasteiger partial charge in [-0.05, 0) is 44.9 Å². The predicted octanol–water partition coefficient (Wildman–Crippen LogP) is 4.00. The van der Waals surface area contributed by atoms with Crippen LogP contribution in [-0.2, 0) is 16.1 Å². The van der Waals surface area contributed by atoms with E-state index in [9.17, 15) is 14.4 Å². The van der Waals surface area contributed by atoms with Crippen LogP contribution in [0.1, 0.15) is 48.3 Å². The number of benzene rings is 2. The number of anilines is 1. The topological polar surface area (TPSA) is 90.3 Å². The van der Waals surface area contributed by atoms with Gasteiger partial charge in [0, 0.05) is 17.6 Å². The third kappa shape index (κ3) is 4.99. The van der Waals surface area contributed by atoms with E-state index in [-0.39, 0.29) is 11.3 Å². The number of rotatable bonds is 7. The molecular weight excluding hydrogens is 394 g/mol. The molecule has 1 aromatic heterocycles. The second-order valence-corrected chi connectivity index (χ2v) is 7.63. The molecule has 0 aliphatic carbocycles. The molecule has 2 aromatic carbocycles. The first-order valence-corrected chi connectivity index (χ1v) is 10.4. The van der Waals surface area contributed by atoms with Crippen molar-refractivity contribution in [1.82, 2.24) is 9.78 Å². The number of amides is 1. The number of nitrogens with zero attached hydrogens (tertiary/aromatic N) is 2. The smallest absolute Gasteiger partial charge is 0.360 e. The molecule has 7 nitrogen and oxygen atoms in total. The fourth-order valence-electron chi connectivity index (χ4n) is 3.30. The summed E-state index contributed by atoms with van der Waals surface area (Å²) < 4.78 is 6.71. The standard InChI is InChI=1S/C24H27N3O4/c1-5-6-13-27-23(29)19-10-8-7-9-18(19)21(26-27)24(30)31-17(4)22(28)25-20-12-11-15(2)14-16(20)3/h7-12,14,17H,5-6,13H2,1-4H3,(H,25,28)/t17-/m0/s1. The van der Waals surface area contributed by atoms with Crippen LogP contribution in [0.25, 0.3) is 10.8 Å². The fraction of sp³-hybridized carbons (Fsp3) is 0.333. The molecule has 0 unspecified atom stereocenters. The zero-order valence-corrected chi connectivity index (χ0v) is 18.3. The van der Waals surface area contributed by atoms with Gasteiger partial charge in [-0.25, -0.2) is 9.48 Å². The third-order valence-corrected chi connectivity index (χ3v) is 5.08. The Morgan fingerprint density at radius 3 is 2.52 bits per heavy atom. The average molecular weight is 421 g/mol. The van der Waals surface area contributed by atoms with Crippen LogP contribution in [-0.4, -0.2) is 27.8 Å². The lowest BCUT2D eigenvalue weighted by molar-refractivity contribution is -0.123. The van der Waals surface area contributed by atoms with Crippen molar-refractivity contribution in [3.05, 3.63) is 69.6 Å². The van der Waals surface area contributed by atoms with Crippen molar-refractivity contribution in [2.24, 2.45) is 0 Å². The van der Waals surface area contributed by atoms with Crippen molar-refractivity contribution < 1.29 is 14.3 Å². The molecule has 0 fully saturated rings. The monoisotopic (exact) mass is 421 g/mol. The Balaban J connectivity index is 1.84. The second kappa shape index (κ2) is 9.55. The SMILES string of the molecule is CCCCn1nc(C(=O)O[C@@H](C)C(=O)Nc2ccc(C)cc2C)c2ccccc2c1=O. The van der Waals surface area contributed by atoms with Crippen LogP contribution in [0.4, 0.5) is 5.69 Å². The van der Waals surface area contributed by atoms with E-state index in [2.05, 4.69) is 10.4 Å². The number of carbonyl (C=O) groups excluding carboxylic acids is 2. The van der Waals surface area contributed by atoms with Gasteiger partial charge >= 0.3 is 5.97 Å². The van der Waals surface area contributed by atoms with Gasteiger partial charge in [-0.3, -0.25) is 9.59 Å². The first kappa shape index (κ1) is 22.2. The Hall–Kier alpha value is -3.48. The highest BCUT2D eigenvalue weighted by atomic mass is 16.5. The molecule has 0 bridgehead atoms. The number of unbranched alkanes of at least 4 members (excludes halogenated alkanes) is 1. The normalized spacial score (nSPS) is 11.9. The molecule has 0 spiro atoms. The number of nitrogens with one attached hydrogen (secondary N) is 1. The number of aromatic nitrogens is 2. The highest BCUT2D eigenvalue weighted by Crippen LogP contribution is 2.18. The van der Waals surface area contributed by atoms with Crippen LogP contribution >= 0.6 is 0 Å². The Kier molecular flexibility index (Phi) is 6.84. The molecule has 7 heteroatoms. The van der Waals surface area contributed by atoms with Crippen LogP contribution in [0.3, 0.4) is 0 Å². The number of hydrogen-bond donors (Lipinski definition) is 1. The van der Waals surface area contributed by atoms with E-state index < -0.39 is 18.0 Å². The van der Waals surface area contributed by atoms with Crippen LogP contribution in [0.5, 0.6) is 0 Å². The summed E-state index contributed by atoms with van der Waals surface area (Å²) in [5.41, 5.74) is 2.45. The summed E-state index contributed by atoms with van der Waals surface area (Å²) in [7, 11) is 0. The maximum Gasteiger partial charge on any atom is 0.360 e. The van der Waals surface area contributed by atoms with Gasteiger partial charge in [0.15, 0.2) is 11.8 Å². The summed E-state index contributed by atoms with van der Waals surface area (Å²) in [5, 5.41) is 7.85. The first-order chi connectivity index (χ1) is 14.8. The van der Waals surface area contributed by atoms with Gasteiger partial charge in [0.05, 0.1) is 5.39 Å². The van der Waals surface area contributed by atoms with Crippen molar-refractivity contribution in [1.29, 1.82) is 0 Å². The van der Waals surface area contributed by atoms with Crippen molar-refractivity contribution in [3.8, 4) is 0 Å². The largest absolute Gasteiger partial charge is 0.448 e. The molecule has 1 N–H and O–H groups in total. The lowest BCUT2D eigenvalue weighted by Gasteiger charge is -2.16. The van der Waals surface area contributed by atoms with E-state index in [0.29, 0.717) is 23.0 Å². The second-order valence-electron chi connectivity index (χ2n) is 7.63. The Morgan fingerprint density at radius 1 is 1.13 bits per heavy atom. The summed E-state index contributed by atoms with van der Waals surface area (Å²) in [6.07, 6.45) is 0.606. The summed E-state index contributed by atoms with van der Waals surface area (Å²) in [6.45, 7) is 7.79. The first-order valence-electron chi connectivity index (χ1n) is 10.4. The summed E-state index contributed by atoms with van der Waals surface area (Å²) in [4.78, 5) is 38.2. The summed E-state index contributed by atoms with van der Waals surface area (Å²) in [5.74, 6) is -1.19. The molecule has 0 aliphatic rings. The van der Waals surface area contributed by atoms with Crippen molar-refractivity contribution in [2.45, 2.75) is 53.2 Å². The van der Waals surface area contributed by atoms with E-state index in [1.807, 2.05) is 39.0 Å². The fourth-order valence-corrected chi connectivity index (χ4v) is 3.30. The molecule has 0 radical (unpaired) electrons. The van der Waals surface area contributed by atoms with E-state index in [1.54, 1.807) is 24.3 Å². The Morgan fingerprint density at radius 2 is 1.84 bits per heavy atom. The molecule has 31 heavy (non-hydrogen) atoms. The van der Waals surface area contributed by atoms with E-state index >= 15 is 0 Å². The minimum absolute atomic E-state index is 0.0254. The number of carbonyl (C=O) groups is 2. The lowest BCUT2D eigenvalue weighted by Crippen LogP contribution is -2.32. The highest BCUT2D eigenvalue weighted by Gasteiger charge is 2.23. The molecule has 3 aromatic rings. The van der Waals surface area contributed by atoms with Gasteiger partial charge in [0.25, 0.3) is 11.5 Å². The van der Waals surface area contributed by atoms with Crippen molar-refractivity contribution in [2.75, 3.05) is 5.32 Å². The van der Waals surface area contributed by atoms with Gasteiger partial charge in [-0.1, -0.05) is 49.2 Å². The van der Waals surface area contributed by atoms with Gasteiger partial charge < -0.3 is 10.1 Å². The minimum atomic E-state index is -1.04. The number of esters is 1. The van der Waals surface area contributed by atoms with Crippen molar-refractivity contribution in [3.63, 3.8) is 0 Å². The Labute approximate surface area is 181 Å². The Bertz CT molecular complexity index is 1180.